The monoisotopic (exact) mass is 200 g/mol. The van der Waals surface area contributed by atoms with Crippen molar-refractivity contribution >= 4 is 5.71 Å². The Labute approximate surface area is 91.1 Å². The van der Waals surface area contributed by atoms with Crippen LogP contribution in [0.15, 0.2) is 24.3 Å². The molecule has 2 heteroatoms. The maximum Gasteiger partial charge on any atom is 0.0773 e. The zero-order valence-electron chi connectivity index (χ0n) is 9.46. The summed E-state index contributed by atoms with van der Waals surface area (Å²) in [6, 6.07) is 9.88. The van der Waals surface area contributed by atoms with Crippen molar-refractivity contribution in [3.05, 3.63) is 35.4 Å². The van der Waals surface area contributed by atoms with Gasteiger partial charge in [0.1, 0.15) is 0 Å². The molecule has 0 spiro atoms. The standard InChI is InChI=1S/C13H16N2/c1-13(2,3)11-6-4-10(5-7-11)12(15)8-9-14/h4-7,15H,8H2,1-3H3. The van der Waals surface area contributed by atoms with Gasteiger partial charge in [0, 0.05) is 0 Å². The number of nitriles is 1. The Hall–Kier alpha value is -1.62. The van der Waals surface area contributed by atoms with Gasteiger partial charge < -0.3 is 5.41 Å². The van der Waals surface area contributed by atoms with E-state index in [-0.39, 0.29) is 11.8 Å². The first-order valence-corrected chi connectivity index (χ1v) is 5.00. The second-order valence-electron chi connectivity index (χ2n) is 4.64. The van der Waals surface area contributed by atoms with Gasteiger partial charge in [-0.2, -0.15) is 5.26 Å². The molecule has 78 valence electrons. The maximum atomic E-state index is 8.49. The molecule has 0 aliphatic heterocycles. The lowest BCUT2D eigenvalue weighted by atomic mass is 9.86. The molecular weight excluding hydrogens is 184 g/mol. The predicted octanol–water partition coefficient (Wildman–Crippen LogP) is 3.27. The van der Waals surface area contributed by atoms with Crippen molar-refractivity contribution < 1.29 is 0 Å². The molecule has 1 aromatic rings. The van der Waals surface area contributed by atoms with E-state index < -0.39 is 0 Å². The third-order valence-corrected chi connectivity index (χ3v) is 2.36. The van der Waals surface area contributed by atoms with Crippen LogP contribution in [0.3, 0.4) is 0 Å². The Kier molecular flexibility index (Phi) is 3.26. The number of hydrogen-bond acceptors (Lipinski definition) is 2. The van der Waals surface area contributed by atoms with Crippen molar-refractivity contribution in [2.24, 2.45) is 0 Å². The average molecular weight is 200 g/mol. The first-order chi connectivity index (χ1) is 6.95. The number of nitrogens with zero attached hydrogens (tertiary/aromatic N) is 1. The lowest BCUT2D eigenvalue weighted by Gasteiger charge is -2.19. The summed E-state index contributed by atoms with van der Waals surface area (Å²) in [6.07, 6.45) is 0.175. The van der Waals surface area contributed by atoms with Crippen molar-refractivity contribution in [1.82, 2.24) is 0 Å². The maximum absolute atomic E-state index is 8.49. The molecule has 0 aliphatic rings. The van der Waals surface area contributed by atoms with Crippen LogP contribution < -0.4 is 0 Å². The Morgan fingerprint density at radius 3 is 2.20 bits per heavy atom. The lowest BCUT2D eigenvalue weighted by molar-refractivity contribution is 0.590. The van der Waals surface area contributed by atoms with E-state index in [9.17, 15) is 0 Å². The summed E-state index contributed by atoms with van der Waals surface area (Å²) in [5.74, 6) is 0. The molecule has 15 heavy (non-hydrogen) atoms. The third-order valence-electron chi connectivity index (χ3n) is 2.36. The molecule has 0 fully saturated rings. The molecule has 0 unspecified atom stereocenters. The van der Waals surface area contributed by atoms with E-state index in [0.717, 1.165) is 5.56 Å². The van der Waals surface area contributed by atoms with E-state index in [0.29, 0.717) is 5.71 Å². The van der Waals surface area contributed by atoms with E-state index >= 15 is 0 Å². The van der Waals surface area contributed by atoms with Gasteiger partial charge in [0.15, 0.2) is 0 Å². The largest absolute Gasteiger partial charge is 0.304 e. The molecule has 0 radical (unpaired) electrons. The van der Waals surface area contributed by atoms with Crippen molar-refractivity contribution in [3.8, 4) is 6.07 Å². The molecule has 2 nitrogen and oxygen atoms in total. The highest BCUT2D eigenvalue weighted by Crippen LogP contribution is 2.22. The Morgan fingerprint density at radius 1 is 1.27 bits per heavy atom. The molecule has 0 bridgehead atoms. The molecule has 0 aliphatic carbocycles. The summed E-state index contributed by atoms with van der Waals surface area (Å²) < 4.78 is 0. The smallest absolute Gasteiger partial charge is 0.0773 e. The van der Waals surface area contributed by atoms with Crippen LogP contribution in [-0.4, -0.2) is 5.71 Å². The van der Waals surface area contributed by atoms with Gasteiger partial charge in [0.05, 0.1) is 18.2 Å². The van der Waals surface area contributed by atoms with Crippen molar-refractivity contribution in [3.63, 3.8) is 0 Å². The predicted molar refractivity (Wildman–Crippen MR) is 62.2 cm³/mol. The summed E-state index contributed by atoms with van der Waals surface area (Å²) in [4.78, 5) is 0. The summed E-state index contributed by atoms with van der Waals surface area (Å²) >= 11 is 0. The molecule has 0 aromatic heterocycles. The van der Waals surface area contributed by atoms with E-state index in [1.807, 2.05) is 30.3 Å². The van der Waals surface area contributed by atoms with Gasteiger partial charge >= 0.3 is 0 Å². The zero-order chi connectivity index (χ0) is 11.5. The van der Waals surface area contributed by atoms with Crippen molar-refractivity contribution in [1.29, 1.82) is 10.7 Å². The molecule has 0 saturated heterocycles. The lowest BCUT2D eigenvalue weighted by Crippen LogP contribution is -2.11. The quantitative estimate of drug-likeness (QED) is 0.732. The van der Waals surface area contributed by atoms with E-state index in [4.69, 9.17) is 10.7 Å². The van der Waals surface area contributed by atoms with Gasteiger partial charge in [-0.25, -0.2) is 0 Å². The van der Waals surface area contributed by atoms with Crippen LogP contribution in [0.1, 0.15) is 38.3 Å². The van der Waals surface area contributed by atoms with Crippen LogP contribution in [0.25, 0.3) is 0 Å². The molecule has 1 N–H and O–H groups in total. The van der Waals surface area contributed by atoms with Crippen LogP contribution in [0.4, 0.5) is 0 Å². The van der Waals surface area contributed by atoms with Crippen LogP contribution >= 0.6 is 0 Å². The van der Waals surface area contributed by atoms with Gasteiger partial charge in [0.25, 0.3) is 0 Å². The summed E-state index contributed by atoms with van der Waals surface area (Å²) in [5.41, 5.74) is 2.61. The number of benzene rings is 1. The second-order valence-corrected chi connectivity index (χ2v) is 4.64. The number of rotatable bonds is 2. The Balaban J connectivity index is 2.92. The van der Waals surface area contributed by atoms with Crippen molar-refractivity contribution in [2.75, 3.05) is 0 Å². The van der Waals surface area contributed by atoms with E-state index in [2.05, 4.69) is 20.8 Å². The minimum absolute atomic E-state index is 0.135. The molecule has 0 amide bonds. The highest BCUT2D eigenvalue weighted by Gasteiger charge is 2.13. The SMILES string of the molecule is CC(C)(C)c1ccc(C(=N)CC#N)cc1. The molecule has 1 rings (SSSR count). The molecule has 0 saturated carbocycles. The fourth-order valence-corrected chi connectivity index (χ4v) is 1.35. The Bertz CT molecular complexity index is 388. The number of hydrogen-bond donors (Lipinski definition) is 1. The number of nitrogens with one attached hydrogen (secondary N) is 1. The summed E-state index contributed by atoms with van der Waals surface area (Å²) in [7, 11) is 0. The van der Waals surface area contributed by atoms with Crippen LogP contribution in [0.2, 0.25) is 0 Å². The van der Waals surface area contributed by atoms with E-state index in [1.54, 1.807) is 0 Å². The van der Waals surface area contributed by atoms with Crippen LogP contribution in [0, 0.1) is 16.7 Å². The topological polar surface area (TPSA) is 47.6 Å². The molecule has 1 aromatic carbocycles. The van der Waals surface area contributed by atoms with Crippen LogP contribution in [0.5, 0.6) is 0 Å². The normalized spacial score (nSPS) is 10.8. The highest BCUT2D eigenvalue weighted by molar-refractivity contribution is 5.99. The highest BCUT2D eigenvalue weighted by atomic mass is 14.4. The van der Waals surface area contributed by atoms with Crippen molar-refractivity contribution in [2.45, 2.75) is 32.6 Å². The first kappa shape index (κ1) is 11.5. The summed E-state index contributed by atoms with van der Waals surface area (Å²) in [6.45, 7) is 6.47. The first-order valence-electron chi connectivity index (χ1n) is 5.00. The minimum atomic E-state index is 0.135. The van der Waals surface area contributed by atoms with Gasteiger partial charge in [-0.3, -0.25) is 0 Å². The van der Waals surface area contributed by atoms with Gasteiger partial charge in [-0.05, 0) is 16.5 Å². The summed E-state index contributed by atoms with van der Waals surface area (Å²) in [5, 5.41) is 16.1. The zero-order valence-corrected chi connectivity index (χ0v) is 9.46. The molecular formula is C13H16N2. The van der Waals surface area contributed by atoms with Gasteiger partial charge in [0.2, 0.25) is 0 Å². The third kappa shape index (κ3) is 2.92. The fourth-order valence-electron chi connectivity index (χ4n) is 1.35. The minimum Gasteiger partial charge on any atom is -0.304 e. The van der Waals surface area contributed by atoms with E-state index in [1.165, 1.54) is 5.56 Å². The Morgan fingerprint density at radius 2 is 1.80 bits per heavy atom. The van der Waals surface area contributed by atoms with Gasteiger partial charge in [-0.15, -0.1) is 0 Å². The van der Waals surface area contributed by atoms with Gasteiger partial charge in [-0.1, -0.05) is 45.0 Å². The molecule has 0 atom stereocenters. The fraction of sp³-hybridized carbons (Fsp3) is 0.385. The molecule has 0 heterocycles. The average Bonchev–Trinajstić information content (AvgIpc) is 2.17. The second kappa shape index (κ2) is 4.27. The van der Waals surface area contributed by atoms with Crippen LogP contribution in [-0.2, 0) is 5.41 Å².